The lowest BCUT2D eigenvalue weighted by Gasteiger charge is -2.27. The van der Waals surface area contributed by atoms with Gasteiger partial charge in [-0.2, -0.15) is 0 Å². The van der Waals surface area contributed by atoms with Gasteiger partial charge in [-0.25, -0.2) is 4.79 Å². The zero-order valence-corrected chi connectivity index (χ0v) is 13.5. The minimum absolute atomic E-state index is 0.00670. The van der Waals surface area contributed by atoms with Crippen molar-refractivity contribution in [2.45, 2.75) is 38.6 Å². The van der Waals surface area contributed by atoms with Crippen LogP contribution in [0.5, 0.6) is 0 Å². The first-order valence-corrected chi connectivity index (χ1v) is 8.00. The summed E-state index contributed by atoms with van der Waals surface area (Å²) in [6.07, 6.45) is 7.89. The van der Waals surface area contributed by atoms with Gasteiger partial charge in [-0.15, -0.1) is 12.3 Å². The third-order valence-electron chi connectivity index (χ3n) is 3.89. The number of hydrogen-bond donors (Lipinski definition) is 2. The number of hydrogen-bond acceptors (Lipinski definition) is 2. The number of nitrogens with zero attached hydrogens (tertiary/aromatic N) is 1. The van der Waals surface area contributed by atoms with Crippen LogP contribution in [0, 0.1) is 12.3 Å². The van der Waals surface area contributed by atoms with Crippen molar-refractivity contribution in [1.29, 1.82) is 0 Å². The molecule has 1 aromatic rings. The van der Waals surface area contributed by atoms with E-state index in [1.54, 1.807) is 4.90 Å². The second-order valence-corrected chi connectivity index (χ2v) is 5.68. The molecule has 0 bridgehead atoms. The van der Waals surface area contributed by atoms with Crippen LogP contribution in [-0.2, 0) is 4.79 Å². The summed E-state index contributed by atoms with van der Waals surface area (Å²) in [5.41, 5.74) is 1.88. The van der Waals surface area contributed by atoms with Gasteiger partial charge in [0.05, 0.1) is 6.04 Å². The molecule has 0 aliphatic carbocycles. The van der Waals surface area contributed by atoms with Gasteiger partial charge in [0.25, 0.3) is 0 Å². The van der Waals surface area contributed by atoms with Crippen LogP contribution in [0.1, 0.15) is 44.2 Å². The molecule has 23 heavy (non-hydrogen) atoms. The van der Waals surface area contributed by atoms with Gasteiger partial charge in [-0.3, -0.25) is 9.69 Å². The molecule has 2 N–H and O–H groups in total. The smallest absolute Gasteiger partial charge is 0.321 e. The van der Waals surface area contributed by atoms with E-state index in [2.05, 4.69) is 16.6 Å². The molecule has 5 heteroatoms. The number of anilines is 1. The highest BCUT2D eigenvalue weighted by Gasteiger charge is 2.19. The maximum atomic E-state index is 11.8. The fraction of sp³-hybridized carbons (Fsp3) is 0.444. The van der Waals surface area contributed by atoms with Gasteiger partial charge in [0.2, 0.25) is 5.91 Å². The molecule has 1 fully saturated rings. The molecule has 1 aromatic carbocycles. The Kier molecular flexibility index (Phi) is 6.04. The normalized spacial score (nSPS) is 15.5. The largest absolute Gasteiger partial charge is 0.350 e. The number of carbonyl (C=O) groups excluding carboxylic acids is 2. The average molecular weight is 313 g/mol. The lowest BCUT2D eigenvalue weighted by Crippen LogP contribution is -2.46. The molecule has 122 valence electrons. The Hall–Kier alpha value is -2.48. The summed E-state index contributed by atoms with van der Waals surface area (Å²) in [7, 11) is 0. The molecule has 0 aromatic heterocycles. The molecule has 1 saturated heterocycles. The topological polar surface area (TPSA) is 61.4 Å². The second-order valence-electron chi connectivity index (χ2n) is 5.68. The quantitative estimate of drug-likeness (QED) is 0.626. The number of nitrogens with one attached hydrogen (secondary N) is 2. The van der Waals surface area contributed by atoms with Gasteiger partial charge in [0.15, 0.2) is 0 Å². The first kappa shape index (κ1) is 16.9. The Bertz CT molecular complexity index is 589. The van der Waals surface area contributed by atoms with E-state index in [1.165, 1.54) is 0 Å². The molecule has 1 unspecified atom stereocenters. The van der Waals surface area contributed by atoms with Gasteiger partial charge in [0, 0.05) is 31.6 Å². The molecule has 5 nitrogen and oxygen atoms in total. The molecular formula is C18H23N3O2. The van der Waals surface area contributed by atoms with E-state index in [0.29, 0.717) is 19.3 Å². The van der Waals surface area contributed by atoms with Crippen LogP contribution in [0.2, 0.25) is 0 Å². The molecule has 1 heterocycles. The highest BCUT2D eigenvalue weighted by atomic mass is 16.2. The van der Waals surface area contributed by atoms with Crippen molar-refractivity contribution in [3.8, 4) is 12.3 Å². The summed E-state index contributed by atoms with van der Waals surface area (Å²) in [5.74, 6) is 2.54. The highest BCUT2D eigenvalue weighted by Crippen LogP contribution is 2.20. The van der Waals surface area contributed by atoms with E-state index in [4.69, 9.17) is 6.42 Å². The molecule has 1 aliphatic heterocycles. The monoisotopic (exact) mass is 313 g/mol. The summed E-state index contributed by atoms with van der Waals surface area (Å²) < 4.78 is 0. The summed E-state index contributed by atoms with van der Waals surface area (Å²) in [6.45, 7) is 3.41. The van der Waals surface area contributed by atoms with E-state index < -0.39 is 0 Å². The molecular weight excluding hydrogens is 290 g/mol. The zero-order valence-electron chi connectivity index (χ0n) is 13.5. The number of terminal acetylenes is 1. The second kappa shape index (κ2) is 8.23. The van der Waals surface area contributed by atoms with Crippen molar-refractivity contribution in [3.63, 3.8) is 0 Å². The van der Waals surface area contributed by atoms with Gasteiger partial charge in [-0.05, 0) is 37.5 Å². The first-order chi connectivity index (χ1) is 11.1. The molecule has 1 aliphatic rings. The van der Waals surface area contributed by atoms with Crippen LogP contribution in [0.4, 0.5) is 10.5 Å². The summed E-state index contributed by atoms with van der Waals surface area (Å²) in [6, 6.07) is 7.60. The number of rotatable bonds is 6. The number of benzene rings is 1. The van der Waals surface area contributed by atoms with Crippen LogP contribution in [0.25, 0.3) is 0 Å². The van der Waals surface area contributed by atoms with Crippen molar-refractivity contribution in [2.24, 2.45) is 0 Å². The highest BCUT2D eigenvalue weighted by molar-refractivity contribution is 5.92. The molecule has 1 atom stereocenters. The van der Waals surface area contributed by atoms with Crippen LogP contribution in [-0.4, -0.2) is 25.0 Å². The van der Waals surface area contributed by atoms with Crippen molar-refractivity contribution >= 4 is 17.6 Å². The van der Waals surface area contributed by atoms with Crippen molar-refractivity contribution in [1.82, 2.24) is 10.6 Å². The van der Waals surface area contributed by atoms with Crippen molar-refractivity contribution < 1.29 is 9.59 Å². The Morgan fingerprint density at radius 1 is 1.43 bits per heavy atom. The molecule has 0 spiro atoms. The molecule has 0 saturated carbocycles. The Morgan fingerprint density at radius 2 is 2.17 bits per heavy atom. The van der Waals surface area contributed by atoms with Crippen LogP contribution in [0.15, 0.2) is 24.3 Å². The molecule has 0 radical (unpaired) electrons. The van der Waals surface area contributed by atoms with E-state index in [9.17, 15) is 9.59 Å². The van der Waals surface area contributed by atoms with Crippen LogP contribution in [0.3, 0.4) is 0 Å². The van der Waals surface area contributed by atoms with Crippen molar-refractivity contribution in [2.75, 3.05) is 18.0 Å². The SMILES string of the molecule is C#CCCCC(=O)NC(C)c1ccc(N2CCCNC2=O)cc1. The number of amides is 3. The third kappa shape index (κ3) is 4.75. The third-order valence-corrected chi connectivity index (χ3v) is 3.89. The lowest BCUT2D eigenvalue weighted by atomic mass is 10.1. The number of carbonyl (C=O) groups is 2. The zero-order chi connectivity index (χ0) is 16.7. The van der Waals surface area contributed by atoms with Gasteiger partial charge in [0.1, 0.15) is 0 Å². The van der Waals surface area contributed by atoms with E-state index in [0.717, 1.165) is 30.8 Å². The maximum absolute atomic E-state index is 11.8. The summed E-state index contributed by atoms with van der Waals surface area (Å²) in [4.78, 5) is 25.4. The van der Waals surface area contributed by atoms with E-state index in [1.807, 2.05) is 31.2 Å². The van der Waals surface area contributed by atoms with Gasteiger partial charge < -0.3 is 10.6 Å². The lowest BCUT2D eigenvalue weighted by molar-refractivity contribution is -0.121. The predicted octanol–water partition coefficient (Wildman–Crippen LogP) is 2.59. The van der Waals surface area contributed by atoms with Gasteiger partial charge >= 0.3 is 6.03 Å². The minimum Gasteiger partial charge on any atom is -0.350 e. The Balaban J connectivity index is 1.92. The standard InChI is InChI=1S/C18H23N3O2/c1-3-4-5-7-17(22)20-14(2)15-8-10-16(11-9-15)21-13-6-12-19-18(21)23/h1,8-11,14H,4-7,12-13H2,2H3,(H,19,23)(H,20,22). The summed E-state index contributed by atoms with van der Waals surface area (Å²) >= 11 is 0. The number of urea groups is 1. The Labute approximate surface area is 137 Å². The average Bonchev–Trinajstić information content (AvgIpc) is 2.56. The van der Waals surface area contributed by atoms with E-state index in [-0.39, 0.29) is 18.0 Å². The van der Waals surface area contributed by atoms with Crippen LogP contribution < -0.4 is 15.5 Å². The van der Waals surface area contributed by atoms with E-state index >= 15 is 0 Å². The van der Waals surface area contributed by atoms with Gasteiger partial charge in [-0.1, -0.05) is 12.1 Å². The predicted molar refractivity (Wildman–Crippen MR) is 91.0 cm³/mol. The molecule has 3 amide bonds. The van der Waals surface area contributed by atoms with Crippen LogP contribution >= 0.6 is 0 Å². The number of unbranched alkanes of at least 4 members (excludes halogenated alkanes) is 1. The molecule has 2 rings (SSSR count). The Morgan fingerprint density at radius 3 is 2.83 bits per heavy atom. The minimum atomic E-state index is -0.0717. The first-order valence-electron chi connectivity index (χ1n) is 8.00. The summed E-state index contributed by atoms with van der Waals surface area (Å²) in [5, 5.41) is 5.80. The maximum Gasteiger partial charge on any atom is 0.321 e. The fourth-order valence-electron chi connectivity index (χ4n) is 2.57. The van der Waals surface area contributed by atoms with Crippen molar-refractivity contribution in [3.05, 3.63) is 29.8 Å². The fourth-order valence-corrected chi connectivity index (χ4v) is 2.57.